The van der Waals surface area contributed by atoms with Gasteiger partial charge in [-0.15, -0.1) is 0 Å². The molecule has 3 aromatic rings. The van der Waals surface area contributed by atoms with Gasteiger partial charge in [0.05, 0.1) is 6.26 Å². The van der Waals surface area contributed by atoms with Crippen molar-refractivity contribution in [3.63, 3.8) is 0 Å². The van der Waals surface area contributed by atoms with Crippen molar-refractivity contribution < 1.29 is 9.52 Å². The third-order valence-electron chi connectivity index (χ3n) is 5.54. The Hall–Kier alpha value is -3.78. The quantitative estimate of drug-likeness (QED) is 0.353. The summed E-state index contributed by atoms with van der Waals surface area (Å²) in [6.07, 6.45) is 3.24. The molecule has 30 heavy (non-hydrogen) atoms. The van der Waals surface area contributed by atoms with Gasteiger partial charge in [0, 0.05) is 12.0 Å². The van der Waals surface area contributed by atoms with Crippen molar-refractivity contribution in [1.82, 2.24) is 0 Å². The second-order valence-electron chi connectivity index (χ2n) is 7.60. The topological polar surface area (TPSA) is 33.4 Å². The van der Waals surface area contributed by atoms with Crippen LogP contribution < -0.4 is 0 Å². The van der Waals surface area contributed by atoms with Crippen molar-refractivity contribution in [2.75, 3.05) is 0 Å². The first-order valence-electron chi connectivity index (χ1n) is 10.2. The predicted octanol–water partition coefficient (Wildman–Crippen LogP) is 6.94. The average molecular weight is 390 g/mol. The van der Waals surface area contributed by atoms with E-state index in [-0.39, 0.29) is 0 Å². The summed E-state index contributed by atoms with van der Waals surface area (Å²) in [7, 11) is 0. The molecule has 0 unspecified atom stereocenters. The number of phenols is 1. The summed E-state index contributed by atoms with van der Waals surface area (Å²) in [5.74, 6) is 1.21. The molecule has 0 aromatic heterocycles. The van der Waals surface area contributed by atoms with Gasteiger partial charge in [0.2, 0.25) is 0 Å². The standard InChI is InChI=1S/C28H22O2/c29-26-14-13-22(18-23(26)16-20-8-3-1-4-9-20)28-24(17-21-10-5-2-6-11-21)19-27-25(28)12-7-15-30-27/h1-15,18-19,29H,16-17H2. The number of phenolic OH excluding ortho intramolecular Hbond substituents is 1. The summed E-state index contributed by atoms with van der Waals surface area (Å²) in [6, 6.07) is 32.8. The Morgan fingerprint density at radius 2 is 1.30 bits per heavy atom. The van der Waals surface area contributed by atoms with Crippen molar-refractivity contribution in [1.29, 1.82) is 0 Å². The maximum absolute atomic E-state index is 10.5. The first kappa shape index (κ1) is 18.3. The van der Waals surface area contributed by atoms with E-state index in [1.165, 1.54) is 22.3 Å². The van der Waals surface area contributed by atoms with E-state index in [0.717, 1.165) is 28.9 Å². The summed E-state index contributed by atoms with van der Waals surface area (Å²) in [5.41, 5.74) is 7.96. The van der Waals surface area contributed by atoms with Gasteiger partial charge in [-0.3, -0.25) is 0 Å². The van der Waals surface area contributed by atoms with E-state index in [2.05, 4.69) is 54.6 Å². The van der Waals surface area contributed by atoms with Gasteiger partial charge in [-0.05, 0) is 70.1 Å². The van der Waals surface area contributed by atoms with E-state index in [4.69, 9.17) is 4.42 Å². The van der Waals surface area contributed by atoms with Gasteiger partial charge in [0.15, 0.2) is 0 Å². The minimum atomic E-state index is 0.327. The Morgan fingerprint density at radius 3 is 2.00 bits per heavy atom. The smallest absolute Gasteiger partial charge is 0.134 e. The van der Waals surface area contributed by atoms with Gasteiger partial charge in [-0.25, -0.2) is 0 Å². The molecular weight excluding hydrogens is 368 g/mol. The van der Waals surface area contributed by atoms with Crippen LogP contribution in [-0.4, -0.2) is 5.11 Å². The molecule has 0 spiro atoms. The second kappa shape index (κ2) is 7.92. The van der Waals surface area contributed by atoms with Gasteiger partial charge in [0.1, 0.15) is 11.5 Å². The maximum Gasteiger partial charge on any atom is 0.134 e. The Kier molecular flexibility index (Phi) is 4.82. The van der Waals surface area contributed by atoms with Gasteiger partial charge in [-0.2, -0.15) is 0 Å². The molecule has 1 aliphatic carbocycles. The Morgan fingerprint density at radius 1 is 0.633 bits per heavy atom. The molecule has 1 heterocycles. The van der Waals surface area contributed by atoms with Crippen LogP contribution in [0.1, 0.15) is 22.3 Å². The zero-order valence-corrected chi connectivity index (χ0v) is 16.6. The molecule has 3 aromatic carbocycles. The molecule has 0 saturated heterocycles. The number of hydrogen-bond acceptors (Lipinski definition) is 2. The van der Waals surface area contributed by atoms with Gasteiger partial charge in [-0.1, -0.05) is 66.7 Å². The van der Waals surface area contributed by atoms with Crippen LogP contribution in [-0.2, 0) is 12.8 Å². The van der Waals surface area contributed by atoms with E-state index in [1.807, 2.05) is 36.4 Å². The van der Waals surface area contributed by atoms with Crippen LogP contribution in [0.5, 0.6) is 5.75 Å². The highest BCUT2D eigenvalue weighted by Crippen LogP contribution is 2.41. The average Bonchev–Trinajstić information content (AvgIpc) is 3.14. The molecule has 0 amide bonds. The Bertz CT molecular complexity index is 1240. The van der Waals surface area contributed by atoms with Gasteiger partial charge < -0.3 is 9.52 Å². The van der Waals surface area contributed by atoms with Crippen LogP contribution in [0.4, 0.5) is 0 Å². The number of aromatic hydroxyl groups is 1. The molecule has 0 radical (unpaired) electrons. The van der Waals surface area contributed by atoms with Gasteiger partial charge >= 0.3 is 0 Å². The third-order valence-corrected chi connectivity index (χ3v) is 5.54. The number of hydrogen-bond donors (Lipinski definition) is 1. The van der Waals surface area contributed by atoms with E-state index in [9.17, 15) is 5.11 Å². The normalized spacial score (nSPS) is 11.1. The molecule has 1 N–H and O–H groups in total. The van der Waals surface area contributed by atoms with Crippen LogP contribution in [0.3, 0.4) is 0 Å². The zero-order chi connectivity index (χ0) is 20.3. The van der Waals surface area contributed by atoms with Crippen LogP contribution in [0.25, 0.3) is 22.5 Å². The van der Waals surface area contributed by atoms with Crippen LogP contribution in [0.15, 0.2) is 108 Å². The lowest BCUT2D eigenvalue weighted by atomic mass is 9.94. The summed E-state index contributed by atoms with van der Waals surface area (Å²) < 4.78 is 5.79. The largest absolute Gasteiger partial charge is 0.508 e. The molecule has 0 fully saturated rings. The lowest BCUT2D eigenvalue weighted by Gasteiger charge is -2.11. The van der Waals surface area contributed by atoms with E-state index in [0.29, 0.717) is 12.2 Å². The highest BCUT2D eigenvalue weighted by Gasteiger charge is 2.20. The second-order valence-corrected chi connectivity index (χ2v) is 7.60. The highest BCUT2D eigenvalue weighted by molar-refractivity contribution is 5.88. The number of rotatable bonds is 5. The molecule has 2 nitrogen and oxygen atoms in total. The molecule has 2 aliphatic rings. The SMILES string of the molecule is Oc1ccc(-c2c(Cc3ccccc3)cc3occcc2-3)cc1Cc1ccccc1. The zero-order valence-electron chi connectivity index (χ0n) is 16.6. The fourth-order valence-electron chi connectivity index (χ4n) is 4.11. The minimum absolute atomic E-state index is 0.327. The first-order chi connectivity index (χ1) is 14.8. The molecule has 146 valence electrons. The fraction of sp³-hybridized carbons (Fsp3) is 0.0714. The summed E-state index contributed by atoms with van der Waals surface area (Å²) in [6.45, 7) is 0. The number of benzene rings is 3. The lowest BCUT2D eigenvalue weighted by Crippen LogP contribution is -1.92. The molecular formula is C28H22O2. The molecule has 1 aliphatic heterocycles. The van der Waals surface area contributed by atoms with Crippen molar-refractivity contribution in [2.24, 2.45) is 0 Å². The monoisotopic (exact) mass is 390 g/mol. The van der Waals surface area contributed by atoms with E-state index >= 15 is 0 Å². The molecule has 2 heteroatoms. The predicted molar refractivity (Wildman–Crippen MR) is 121 cm³/mol. The van der Waals surface area contributed by atoms with Crippen molar-refractivity contribution in [2.45, 2.75) is 12.8 Å². The Labute approximate surface area is 176 Å². The summed E-state index contributed by atoms with van der Waals surface area (Å²) in [4.78, 5) is 0. The molecule has 5 rings (SSSR count). The number of fused-ring (bicyclic) bond motifs is 1. The third kappa shape index (κ3) is 3.60. The van der Waals surface area contributed by atoms with Gasteiger partial charge in [0.25, 0.3) is 0 Å². The van der Waals surface area contributed by atoms with Crippen LogP contribution in [0, 0.1) is 0 Å². The molecule has 0 bridgehead atoms. The lowest BCUT2D eigenvalue weighted by molar-refractivity contribution is 0.469. The van der Waals surface area contributed by atoms with Crippen LogP contribution >= 0.6 is 0 Å². The van der Waals surface area contributed by atoms with Crippen molar-refractivity contribution >= 4 is 0 Å². The molecule has 0 saturated carbocycles. The molecule has 0 atom stereocenters. The van der Waals surface area contributed by atoms with Crippen molar-refractivity contribution in [3.8, 4) is 28.2 Å². The van der Waals surface area contributed by atoms with E-state index in [1.54, 1.807) is 12.3 Å². The van der Waals surface area contributed by atoms with Crippen LogP contribution in [0.2, 0.25) is 0 Å². The van der Waals surface area contributed by atoms with E-state index < -0.39 is 0 Å². The summed E-state index contributed by atoms with van der Waals surface area (Å²) >= 11 is 0. The highest BCUT2D eigenvalue weighted by atomic mass is 16.3. The van der Waals surface area contributed by atoms with Crippen molar-refractivity contribution in [3.05, 3.63) is 126 Å². The maximum atomic E-state index is 10.5. The fourth-order valence-corrected chi connectivity index (χ4v) is 4.11. The minimum Gasteiger partial charge on any atom is -0.508 e. The Balaban J connectivity index is 1.60. The summed E-state index contributed by atoms with van der Waals surface area (Å²) in [5, 5.41) is 10.5. The first-order valence-corrected chi connectivity index (χ1v) is 10.2.